The number of benzene rings is 1. The number of hydrogen-bond acceptors (Lipinski definition) is 4. The number of nitrogens with two attached hydrogens (primary N) is 1. The van der Waals surface area contributed by atoms with Crippen molar-refractivity contribution in [2.24, 2.45) is 10.7 Å². The maximum absolute atomic E-state index is 13.1. The third-order valence-corrected chi connectivity index (χ3v) is 5.30. The van der Waals surface area contributed by atoms with Crippen molar-refractivity contribution in [1.29, 1.82) is 0 Å². The molecule has 0 unspecified atom stereocenters. The molecule has 2 N–H and O–H groups in total. The Labute approximate surface area is 179 Å². The molecule has 0 aromatic heterocycles. The summed E-state index contributed by atoms with van der Waals surface area (Å²) in [6, 6.07) is 6.69. The van der Waals surface area contributed by atoms with E-state index in [0.29, 0.717) is 5.96 Å². The molecule has 152 valence electrons. The molecule has 2 aliphatic rings. The van der Waals surface area contributed by atoms with Crippen LogP contribution in [0, 0.1) is 5.82 Å². The zero-order chi connectivity index (χ0) is 18.4. The lowest BCUT2D eigenvalue weighted by atomic mass is 10.2. The van der Waals surface area contributed by atoms with Crippen molar-refractivity contribution < 1.29 is 4.39 Å². The van der Waals surface area contributed by atoms with Gasteiger partial charge in [0.05, 0.1) is 6.54 Å². The van der Waals surface area contributed by atoms with Crippen LogP contribution in [0.3, 0.4) is 0 Å². The Morgan fingerprint density at radius 2 is 1.70 bits per heavy atom. The number of likely N-dealkylation sites (N-methyl/N-ethyl adjacent to an activating group) is 1. The zero-order valence-corrected chi connectivity index (χ0v) is 18.5. The van der Waals surface area contributed by atoms with E-state index in [1.165, 1.54) is 25.1 Å². The summed E-state index contributed by atoms with van der Waals surface area (Å²) < 4.78 is 13.1. The summed E-state index contributed by atoms with van der Waals surface area (Å²) in [4.78, 5) is 13.9. The number of rotatable bonds is 4. The van der Waals surface area contributed by atoms with Crippen molar-refractivity contribution >= 4 is 35.6 Å². The summed E-state index contributed by atoms with van der Waals surface area (Å²) in [7, 11) is 2.19. The second kappa shape index (κ2) is 11.0. The van der Waals surface area contributed by atoms with Crippen LogP contribution in [0.25, 0.3) is 0 Å². The Morgan fingerprint density at radius 1 is 1.00 bits per heavy atom. The number of guanidine groups is 1. The molecule has 0 saturated carbocycles. The molecule has 0 aliphatic carbocycles. The van der Waals surface area contributed by atoms with Gasteiger partial charge >= 0.3 is 0 Å². The second-order valence-electron chi connectivity index (χ2n) is 7.19. The van der Waals surface area contributed by atoms with Gasteiger partial charge in [0.1, 0.15) is 5.82 Å². The first-order chi connectivity index (χ1) is 12.6. The van der Waals surface area contributed by atoms with Gasteiger partial charge in [0.2, 0.25) is 0 Å². The quantitative estimate of drug-likeness (QED) is 0.394. The number of piperazine rings is 1. The van der Waals surface area contributed by atoms with Crippen LogP contribution in [-0.4, -0.2) is 93.2 Å². The molecule has 27 heavy (non-hydrogen) atoms. The first kappa shape index (κ1) is 22.2. The first-order valence-electron chi connectivity index (χ1n) is 9.58. The van der Waals surface area contributed by atoms with Crippen molar-refractivity contribution in [2.75, 3.05) is 77.4 Å². The molecule has 2 saturated heterocycles. The van der Waals surface area contributed by atoms with Crippen LogP contribution in [0.2, 0.25) is 0 Å². The summed E-state index contributed by atoms with van der Waals surface area (Å²) in [5.41, 5.74) is 7.26. The average molecular weight is 490 g/mol. The SMILES string of the molecule is CN1CCCN(CCN=C(N)N2CCN(c3ccc(F)cc3)CC2)CC1.I. The molecule has 8 heteroatoms. The molecule has 2 fully saturated rings. The summed E-state index contributed by atoms with van der Waals surface area (Å²) in [6.45, 7) is 9.75. The molecule has 0 spiro atoms. The standard InChI is InChI=1S/C19H31FN6.HI/c1-23-8-2-9-24(12-11-23)10-7-22-19(21)26-15-13-25(14-16-26)18-5-3-17(20)4-6-18;/h3-6H,2,7-16H2,1H3,(H2,21,22);1H. The summed E-state index contributed by atoms with van der Waals surface area (Å²) >= 11 is 0. The monoisotopic (exact) mass is 490 g/mol. The van der Waals surface area contributed by atoms with Gasteiger partial charge in [-0.15, -0.1) is 24.0 Å². The Hall–Kier alpha value is -1.13. The van der Waals surface area contributed by atoms with Crippen LogP contribution < -0.4 is 10.6 Å². The molecule has 2 heterocycles. The predicted octanol–water partition coefficient (Wildman–Crippen LogP) is 1.52. The molecule has 0 radical (unpaired) electrons. The van der Waals surface area contributed by atoms with E-state index in [1.54, 1.807) is 0 Å². The van der Waals surface area contributed by atoms with Gasteiger partial charge in [0.15, 0.2) is 5.96 Å². The van der Waals surface area contributed by atoms with E-state index in [9.17, 15) is 4.39 Å². The van der Waals surface area contributed by atoms with Crippen molar-refractivity contribution in [3.8, 4) is 0 Å². The van der Waals surface area contributed by atoms with E-state index in [4.69, 9.17) is 5.73 Å². The smallest absolute Gasteiger partial charge is 0.191 e. The Kier molecular flexibility index (Phi) is 9.04. The molecular formula is C19H32FIN6. The fraction of sp³-hybridized carbons (Fsp3) is 0.632. The third kappa shape index (κ3) is 6.76. The molecule has 0 amide bonds. The first-order valence-corrected chi connectivity index (χ1v) is 9.58. The van der Waals surface area contributed by atoms with Crippen LogP contribution >= 0.6 is 24.0 Å². The second-order valence-corrected chi connectivity index (χ2v) is 7.19. The van der Waals surface area contributed by atoms with Crippen molar-refractivity contribution in [2.45, 2.75) is 6.42 Å². The fourth-order valence-electron chi connectivity index (χ4n) is 3.58. The van der Waals surface area contributed by atoms with E-state index in [2.05, 4.69) is 31.6 Å². The van der Waals surface area contributed by atoms with E-state index >= 15 is 0 Å². The number of halogens is 2. The van der Waals surface area contributed by atoms with Gasteiger partial charge in [0, 0.05) is 51.5 Å². The minimum Gasteiger partial charge on any atom is -0.370 e. The summed E-state index contributed by atoms with van der Waals surface area (Å²) in [6.07, 6.45) is 1.22. The zero-order valence-electron chi connectivity index (χ0n) is 16.2. The molecule has 0 atom stereocenters. The van der Waals surface area contributed by atoms with Gasteiger partial charge in [-0.25, -0.2) is 4.39 Å². The molecule has 0 bridgehead atoms. The lowest BCUT2D eigenvalue weighted by molar-refractivity contribution is 0.282. The number of anilines is 1. The van der Waals surface area contributed by atoms with Crippen LogP contribution in [0.5, 0.6) is 0 Å². The van der Waals surface area contributed by atoms with Crippen molar-refractivity contribution in [3.63, 3.8) is 0 Å². The van der Waals surface area contributed by atoms with E-state index in [1.807, 2.05) is 12.1 Å². The Balaban J connectivity index is 0.00000261. The molecule has 6 nitrogen and oxygen atoms in total. The largest absolute Gasteiger partial charge is 0.370 e. The maximum Gasteiger partial charge on any atom is 0.191 e. The van der Waals surface area contributed by atoms with Gasteiger partial charge in [-0.05, 0) is 50.8 Å². The van der Waals surface area contributed by atoms with E-state index < -0.39 is 0 Å². The summed E-state index contributed by atoms with van der Waals surface area (Å²) in [5.74, 6) is 0.454. The molecule has 3 rings (SSSR count). The summed E-state index contributed by atoms with van der Waals surface area (Å²) in [5, 5.41) is 0. The molecule has 1 aromatic rings. The average Bonchev–Trinajstić information content (AvgIpc) is 2.87. The Morgan fingerprint density at radius 3 is 2.41 bits per heavy atom. The number of aliphatic imine (C=N–C) groups is 1. The predicted molar refractivity (Wildman–Crippen MR) is 121 cm³/mol. The van der Waals surface area contributed by atoms with E-state index in [0.717, 1.165) is 64.6 Å². The number of hydrogen-bond donors (Lipinski definition) is 1. The minimum atomic E-state index is -0.195. The van der Waals surface area contributed by atoms with Crippen LogP contribution in [0.4, 0.5) is 10.1 Å². The maximum atomic E-state index is 13.1. The van der Waals surface area contributed by atoms with Gasteiger partial charge in [0.25, 0.3) is 0 Å². The lowest BCUT2D eigenvalue weighted by Gasteiger charge is -2.36. The molecular weight excluding hydrogens is 458 g/mol. The van der Waals surface area contributed by atoms with Gasteiger partial charge < -0.3 is 25.3 Å². The van der Waals surface area contributed by atoms with Crippen LogP contribution in [0.15, 0.2) is 29.3 Å². The fourth-order valence-corrected chi connectivity index (χ4v) is 3.58. The van der Waals surface area contributed by atoms with Crippen LogP contribution in [0.1, 0.15) is 6.42 Å². The number of nitrogens with zero attached hydrogens (tertiary/aromatic N) is 5. The van der Waals surface area contributed by atoms with Crippen molar-refractivity contribution in [3.05, 3.63) is 30.1 Å². The van der Waals surface area contributed by atoms with Gasteiger partial charge in [-0.1, -0.05) is 0 Å². The lowest BCUT2D eigenvalue weighted by Crippen LogP contribution is -2.51. The van der Waals surface area contributed by atoms with Crippen molar-refractivity contribution in [1.82, 2.24) is 14.7 Å². The highest BCUT2D eigenvalue weighted by molar-refractivity contribution is 14.0. The normalized spacial score (nSPS) is 20.3. The van der Waals surface area contributed by atoms with Gasteiger partial charge in [-0.2, -0.15) is 0 Å². The Bertz CT molecular complexity index is 588. The topological polar surface area (TPSA) is 51.3 Å². The molecule has 2 aliphatic heterocycles. The highest BCUT2D eigenvalue weighted by atomic mass is 127. The highest BCUT2D eigenvalue weighted by Gasteiger charge is 2.18. The minimum absolute atomic E-state index is 0. The van der Waals surface area contributed by atoms with Crippen LogP contribution in [-0.2, 0) is 0 Å². The highest BCUT2D eigenvalue weighted by Crippen LogP contribution is 2.16. The van der Waals surface area contributed by atoms with E-state index in [-0.39, 0.29) is 29.8 Å². The van der Waals surface area contributed by atoms with Gasteiger partial charge in [-0.3, -0.25) is 4.99 Å². The third-order valence-electron chi connectivity index (χ3n) is 5.30. The molecule has 1 aromatic carbocycles.